The highest BCUT2D eigenvalue weighted by Crippen LogP contribution is 2.49. The molecule has 0 radical (unpaired) electrons. The standard InChI is InChI=1S/C25H19N5O4/c1-32-18-8-5-14(10-20(18)33-2)21-17-7-6-16(31)11-19(17)34-25-22(21)24-28-23(29-30(24)13-27-25)15-4-3-9-26-12-15/h3-13,21,31H,1-2H3/t21-/m1/s1. The molecule has 168 valence electrons. The summed E-state index contributed by atoms with van der Waals surface area (Å²) in [4.78, 5) is 13.5. The number of phenols is 1. The fourth-order valence-electron chi connectivity index (χ4n) is 4.30. The average Bonchev–Trinajstić information content (AvgIpc) is 3.32. The van der Waals surface area contributed by atoms with Gasteiger partial charge >= 0.3 is 0 Å². The molecule has 34 heavy (non-hydrogen) atoms. The van der Waals surface area contributed by atoms with E-state index in [0.29, 0.717) is 34.6 Å². The molecule has 1 aliphatic heterocycles. The first-order valence-electron chi connectivity index (χ1n) is 10.5. The Labute approximate surface area is 194 Å². The summed E-state index contributed by atoms with van der Waals surface area (Å²) >= 11 is 0. The lowest BCUT2D eigenvalue weighted by molar-refractivity contribution is 0.354. The van der Waals surface area contributed by atoms with E-state index in [2.05, 4.69) is 15.1 Å². The van der Waals surface area contributed by atoms with Gasteiger partial charge in [0.1, 0.15) is 17.8 Å². The predicted molar refractivity (Wildman–Crippen MR) is 123 cm³/mol. The zero-order valence-corrected chi connectivity index (χ0v) is 18.3. The molecule has 0 unspecified atom stereocenters. The number of nitrogens with zero attached hydrogens (tertiary/aromatic N) is 5. The summed E-state index contributed by atoms with van der Waals surface area (Å²) in [5.41, 5.74) is 3.95. The van der Waals surface area contributed by atoms with Crippen LogP contribution in [0.2, 0.25) is 0 Å². The van der Waals surface area contributed by atoms with Crippen molar-refractivity contribution in [2.45, 2.75) is 5.92 Å². The molecule has 0 saturated carbocycles. The van der Waals surface area contributed by atoms with Gasteiger partial charge in [-0.1, -0.05) is 12.1 Å². The Morgan fingerprint density at radius 2 is 1.91 bits per heavy atom. The zero-order valence-electron chi connectivity index (χ0n) is 18.3. The maximum Gasteiger partial charge on any atom is 0.228 e. The number of aromatic hydroxyl groups is 1. The molecular formula is C25H19N5O4. The molecule has 3 aromatic heterocycles. The minimum absolute atomic E-state index is 0.107. The third-order valence-corrected chi connectivity index (χ3v) is 5.85. The zero-order chi connectivity index (χ0) is 23.2. The highest BCUT2D eigenvalue weighted by Gasteiger charge is 2.34. The monoisotopic (exact) mass is 453 g/mol. The Morgan fingerprint density at radius 3 is 2.71 bits per heavy atom. The molecule has 0 aliphatic carbocycles. The third-order valence-electron chi connectivity index (χ3n) is 5.85. The summed E-state index contributed by atoms with van der Waals surface area (Å²) in [5.74, 6) is 2.49. The summed E-state index contributed by atoms with van der Waals surface area (Å²) in [6.07, 6.45) is 4.99. The number of aromatic nitrogens is 5. The first-order valence-corrected chi connectivity index (χ1v) is 10.5. The van der Waals surface area contributed by atoms with Crippen molar-refractivity contribution in [1.29, 1.82) is 0 Å². The lowest BCUT2D eigenvalue weighted by Crippen LogP contribution is -2.15. The van der Waals surface area contributed by atoms with Crippen LogP contribution in [-0.2, 0) is 0 Å². The van der Waals surface area contributed by atoms with Gasteiger partial charge in [-0.3, -0.25) is 4.98 Å². The number of fused-ring (bicyclic) bond motifs is 4. The Kier molecular flexibility index (Phi) is 4.54. The Morgan fingerprint density at radius 1 is 1.03 bits per heavy atom. The van der Waals surface area contributed by atoms with Crippen molar-refractivity contribution in [3.63, 3.8) is 0 Å². The molecule has 6 rings (SSSR count). The van der Waals surface area contributed by atoms with Crippen LogP contribution < -0.4 is 14.2 Å². The molecular weight excluding hydrogens is 434 g/mol. The molecule has 0 bridgehead atoms. The number of methoxy groups -OCH3 is 2. The summed E-state index contributed by atoms with van der Waals surface area (Å²) in [7, 11) is 3.20. The van der Waals surface area contributed by atoms with Gasteiger partial charge in [0.2, 0.25) is 5.88 Å². The van der Waals surface area contributed by atoms with Crippen molar-refractivity contribution in [3.8, 4) is 40.3 Å². The molecule has 1 aliphatic rings. The van der Waals surface area contributed by atoms with Gasteiger partial charge in [0.25, 0.3) is 0 Å². The van der Waals surface area contributed by atoms with Gasteiger partial charge in [-0.15, -0.1) is 5.10 Å². The molecule has 2 aromatic carbocycles. The molecule has 0 amide bonds. The minimum Gasteiger partial charge on any atom is -0.508 e. The highest BCUT2D eigenvalue weighted by molar-refractivity contribution is 5.69. The van der Waals surface area contributed by atoms with Gasteiger partial charge < -0.3 is 19.3 Å². The quantitative estimate of drug-likeness (QED) is 0.424. The number of rotatable bonds is 4. The van der Waals surface area contributed by atoms with E-state index >= 15 is 0 Å². The maximum atomic E-state index is 10.1. The van der Waals surface area contributed by atoms with Crippen LogP contribution in [0.1, 0.15) is 22.6 Å². The largest absolute Gasteiger partial charge is 0.508 e. The topological polar surface area (TPSA) is 104 Å². The fraction of sp³-hybridized carbons (Fsp3) is 0.120. The third kappa shape index (κ3) is 3.09. The van der Waals surface area contributed by atoms with Gasteiger partial charge in [0.15, 0.2) is 23.0 Å². The Balaban J connectivity index is 1.61. The fourth-order valence-corrected chi connectivity index (χ4v) is 4.30. The number of phenolic OH excluding ortho intramolecular Hbond substituents is 1. The van der Waals surface area contributed by atoms with Crippen molar-refractivity contribution < 1.29 is 19.3 Å². The van der Waals surface area contributed by atoms with Crippen LogP contribution >= 0.6 is 0 Å². The van der Waals surface area contributed by atoms with Crippen molar-refractivity contribution >= 4 is 5.65 Å². The number of benzene rings is 2. The van der Waals surface area contributed by atoms with E-state index in [0.717, 1.165) is 22.3 Å². The summed E-state index contributed by atoms with van der Waals surface area (Å²) in [6.45, 7) is 0. The Hall–Kier alpha value is -4.66. The summed E-state index contributed by atoms with van der Waals surface area (Å²) in [6, 6.07) is 14.6. The molecule has 4 heterocycles. The first kappa shape index (κ1) is 20.0. The lowest BCUT2D eigenvalue weighted by atomic mass is 9.83. The highest BCUT2D eigenvalue weighted by atomic mass is 16.5. The number of ether oxygens (including phenoxy) is 3. The normalized spacial score (nSPS) is 14.2. The van der Waals surface area contributed by atoms with Crippen LogP contribution in [0.4, 0.5) is 0 Å². The van der Waals surface area contributed by atoms with Crippen LogP contribution in [0.15, 0.2) is 67.3 Å². The average molecular weight is 453 g/mol. The molecule has 0 saturated heterocycles. The van der Waals surface area contributed by atoms with E-state index in [1.807, 2.05) is 36.4 Å². The molecule has 9 heteroatoms. The molecule has 0 fully saturated rings. The van der Waals surface area contributed by atoms with Crippen LogP contribution in [0.25, 0.3) is 17.0 Å². The van der Waals surface area contributed by atoms with Crippen molar-refractivity contribution in [1.82, 2.24) is 24.6 Å². The van der Waals surface area contributed by atoms with Crippen LogP contribution in [-0.4, -0.2) is 43.9 Å². The molecule has 1 N–H and O–H groups in total. The molecule has 1 atom stereocenters. The van der Waals surface area contributed by atoms with E-state index < -0.39 is 0 Å². The van der Waals surface area contributed by atoms with E-state index in [-0.39, 0.29) is 11.7 Å². The van der Waals surface area contributed by atoms with Crippen molar-refractivity contribution in [2.75, 3.05) is 14.2 Å². The van der Waals surface area contributed by atoms with Gasteiger partial charge in [0.05, 0.1) is 19.8 Å². The number of hydrogen-bond donors (Lipinski definition) is 1. The van der Waals surface area contributed by atoms with Crippen LogP contribution in [0, 0.1) is 0 Å². The Bertz CT molecular complexity index is 1530. The molecule has 5 aromatic rings. The lowest BCUT2D eigenvalue weighted by Gasteiger charge is -2.28. The van der Waals surface area contributed by atoms with E-state index in [9.17, 15) is 5.11 Å². The number of pyridine rings is 1. The summed E-state index contributed by atoms with van der Waals surface area (Å²) in [5, 5.41) is 14.7. The minimum atomic E-state index is -0.304. The van der Waals surface area contributed by atoms with Crippen molar-refractivity contribution in [2.24, 2.45) is 0 Å². The second-order valence-corrected chi connectivity index (χ2v) is 7.78. The van der Waals surface area contributed by atoms with E-state index in [1.54, 1.807) is 49.6 Å². The smallest absolute Gasteiger partial charge is 0.228 e. The molecule has 9 nitrogen and oxygen atoms in total. The number of hydrogen-bond acceptors (Lipinski definition) is 8. The van der Waals surface area contributed by atoms with Crippen molar-refractivity contribution in [3.05, 3.63) is 83.9 Å². The van der Waals surface area contributed by atoms with Gasteiger partial charge in [0, 0.05) is 35.5 Å². The predicted octanol–water partition coefficient (Wildman–Crippen LogP) is 4.20. The maximum absolute atomic E-state index is 10.1. The first-order chi connectivity index (χ1) is 16.7. The van der Waals surface area contributed by atoms with Gasteiger partial charge in [-0.2, -0.15) is 0 Å². The van der Waals surface area contributed by atoms with Crippen LogP contribution in [0.5, 0.6) is 28.9 Å². The second-order valence-electron chi connectivity index (χ2n) is 7.78. The van der Waals surface area contributed by atoms with Gasteiger partial charge in [-0.05, 0) is 35.9 Å². The van der Waals surface area contributed by atoms with Crippen LogP contribution in [0.3, 0.4) is 0 Å². The van der Waals surface area contributed by atoms with E-state index in [4.69, 9.17) is 19.2 Å². The SMILES string of the molecule is COc1ccc([C@@H]2c3ccc(O)cc3Oc3ncn4nc(-c5cccnc5)nc4c32)cc1OC. The van der Waals surface area contributed by atoms with Gasteiger partial charge in [-0.25, -0.2) is 14.5 Å². The summed E-state index contributed by atoms with van der Waals surface area (Å²) < 4.78 is 18.7. The second kappa shape index (κ2) is 7.73. The van der Waals surface area contributed by atoms with E-state index in [1.165, 1.54) is 0 Å². The molecule has 0 spiro atoms.